The Kier molecular flexibility index (Phi) is 4.67. The molecule has 4 nitrogen and oxygen atoms in total. The molecule has 0 aromatic heterocycles. The number of hydrogen-bond acceptors (Lipinski definition) is 4. The van der Waals surface area contributed by atoms with Gasteiger partial charge in [-0.05, 0) is 37.8 Å². The Morgan fingerprint density at radius 2 is 2.00 bits per heavy atom. The van der Waals surface area contributed by atoms with Gasteiger partial charge in [0.05, 0.1) is 5.75 Å². The molecule has 0 amide bonds. The lowest BCUT2D eigenvalue weighted by molar-refractivity contribution is 0.230. The normalized spacial score (nSPS) is 32.9. The summed E-state index contributed by atoms with van der Waals surface area (Å²) in [5, 5.41) is 3.46. The number of nitrogens with one attached hydrogen (secondary N) is 1. The first kappa shape index (κ1) is 14.3. The second-order valence-corrected chi connectivity index (χ2v) is 8.01. The predicted molar refractivity (Wildman–Crippen MR) is 74.4 cm³/mol. The maximum Gasteiger partial charge on any atom is 0.151 e. The molecule has 0 aromatic rings. The van der Waals surface area contributed by atoms with Gasteiger partial charge in [-0.2, -0.15) is 0 Å². The first-order valence-electron chi connectivity index (χ1n) is 7.22. The third kappa shape index (κ3) is 3.06. The van der Waals surface area contributed by atoms with Gasteiger partial charge < -0.3 is 5.32 Å². The molecule has 2 fully saturated rings. The summed E-state index contributed by atoms with van der Waals surface area (Å²) < 4.78 is 23.6. The summed E-state index contributed by atoms with van der Waals surface area (Å²) in [6.45, 7) is 8.18. The molecule has 5 heteroatoms. The number of hydrogen-bond donors (Lipinski definition) is 1. The van der Waals surface area contributed by atoms with Crippen molar-refractivity contribution in [3.8, 4) is 0 Å². The van der Waals surface area contributed by atoms with Gasteiger partial charge >= 0.3 is 0 Å². The van der Waals surface area contributed by atoms with E-state index in [4.69, 9.17) is 0 Å². The molecule has 2 heterocycles. The molecular weight excluding hydrogens is 248 g/mol. The Balaban J connectivity index is 1.90. The summed E-state index contributed by atoms with van der Waals surface area (Å²) in [6.07, 6.45) is 1.87. The van der Waals surface area contributed by atoms with E-state index in [9.17, 15) is 8.42 Å². The topological polar surface area (TPSA) is 49.4 Å². The minimum absolute atomic E-state index is 0.338. The number of rotatable bonds is 6. The highest BCUT2D eigenvalue weighted by Crippen LogP contribution is 2.33. The van der Waals surface area contributed by atoms with Crippen molar-refractivity contribution in [2.24, 2.45) is 11.8 Å². The monoisotopic (exact) mass is 274 g/mol. The first-order chi connectivity index (χ1) is 8.57. The minimum Gasteiger partial charge on any atom is -0.316 e. The van der Waals surface area contributed by atoms with E-state index in [2.05, 4.69) is 17.1 Å². The average Bonchev–Trinajstić information content (AvgIpc) is 2.85. The third-order valence-corrected chi connectivity index (χ3v) is 6.28. The van der Waals surface area contributed by atoms with Gasteiger partial charge in [0.2, 0.25) is 0 Å². The van der Waals surface area contributed by atoms with E-state index in [1.807, 2.05) is 6.92 Å². The smallest absolute Gasteiger partial charge is 0.151 e. The van der Waals surface area contributed by atoms with Crippen LogP contribution in [0.5, 0.6) is 0 Å². The van der Waals surface area contributed by atoms with Crippen LogP contribution in [0.3, 0.4) is 0 Å². The van der Waals surface area contributed by atoms with Crippen LogP contribution in [-0.2, 0) is 9.84 Å². The van der Waals surface area contributed by atoms with Crippen molar-refractivity contribution in [3.05, 3.63) is 0 Å². The van der Waals surface area contributed by atoms with Crippen LogP contribution >= 0.6 is 0 Å². The van der Waals surface area contributed by atoms with E-state index in [0.29, 0.717) is 17.5 Å². The van der Waals surface area contributed by atoms with Crippen LogP contribution in [0, 0.1) is 11.8 Å². The third-order valence-electron chi connectivity index (χ3n) is 4.45. The molecule has 3 unspecified atom stereocenters. The van der Waals surface area contributed by atoms with Crippen molar-refractivity contribution in [1.29, 1.82) is 0 Å². The van der Waals surface area contributed by atoms with Gasteiger partial charge in [0.25, 0.3) is 0 Å². The summed E-state index contributed by atoms with van der Waals surface area (Å²) in [5.74, 6) is 2.16. The predicted octanol–water partition coefficient (Wildman–Crippen LogP) is 0.741. The number of likely N-dealkylation sites (tertiary alicyclic amines) is 1. The van der Waals surface area contributed by atoms with E-state index in [0.717, 1.165) is 50.9 Å². The van der Waals surface area contributed by atoms with Gasteiger partial charge in [0.1, 0.15) is 0 Å². The van der Waals surface area contributed by atoms with Crippen molar-refractivity contribution < 1.29 is 8.42 Å². The van der Waals surface area contributed by atoms with Crippen LogP contribution < -0.4 is 5.32 Å². The lowest BCUT2D eigenvalue weighted by atomic mass is 9.93. The standard InChI is InChI=1S/C13H26N2O2S/c1-3-6-18(16,17)7-5-15-10-11-8-14-9-12(11)13(15)4-2/h11-14H,3-10H2,1-2H3. The van der Waals surface area contributed by atoms with E-state index in [1.54, 1.807) is 0 Å². The van der Waals surface area contributed by atoms with E-state index >= 15 is 0 Å². The van der Waals surface area contributed by atoms with Crippen molar-refractivity contribution in [1.82, 2.24) is 10.2 Å². The van der Waals surface area contributed by atoms with Gasteiger partial charge in [-0.3, -0.25) is 4.90 Å². The zero-order chi connectivity index (χ0) is 13.2. The Morgan fingerprint density at radius 1 is 1.22 bits per heavy atom. The van der Waals surface area contributed by atoms with Crippen molar-refractivity contribution in [3.63, 3.8) is 0 Å². The summed E-state index contributed by atoms with van der Waals surface area (Å²) in [5.41, 5.74) is 0. The highest BCUT2D eigenvalue weighted by atomic mass is 32.2. The van der Waals surface area contributed by atoms with Gasteiger partial charge in [0, 0.05) is 24.9 Å². The fourth-order valence-electron chi connectivity index (χ4n) is 3.60. The van der Waals surface area contributed by atoms with E-state index in [-0.39, 0.29) is 0 Å². The lowest BCUT2D eigenvalue weighted by Gasteiger charge is -2.26. The highest BCUT2D eigenvalue weighted by Gasteiger charge is 2.42. The molecule has 2 rings (SSSR count). The van der Waals surface area contributed by atoms with Crippen LogP contribution in [-0.4, -0.2) is 57.0 Å². The molecular formula is C13H26N2O2S. The van der Waals surface area contributed by atoms with Crippen LogP contribution in [0.25, 0.3) is 0 Å². The zero-order valence-corrected chi connectivity index (χ0v) is 12.4. The molecule has 0 aromatic carbocycles. The van der Waals surface area contributed by atoms with Crippen molar-refractivity contribution >= 4 is 9.84 Å². The summed E-state index contributed by atoms with van der Waals surface area (Å²) in [7, 11) is -2.83. The molecule has 2 saturated heterocycles. The fraction of sp³-hybridized carbons (Fsp3) is 1.00. The molecule has 3 atom stereocenters. The quantitative estimate of drug-likeness (QED) is 0.776. The molecule has 0 aliphatic carbocycles. The molecule has 0 spiro atoms. The molecule has 0 saturated carbocycles. The van der Waals surface area contributed by atoms with Gasteiger partial charge in [0.15, 0.2) is 9.84 Å². The molecule has 2 aliphatic heterocycles. The van der Waals surface area contributed by atoms with Crippen LogP contribution in [0.1, 0.15) is 26.7 Å². The zero-order valence-electron chi connectivity index (χ0n) is 11.6. The summed E-state index contributed by atoms with van der Waals surface area (Å²) in [4.78, 5) is 2.42. The Bertz CT molecular complexity index is 369. The molecule has 106 valence electrons. The lowest BCUT2D eigenvalue weighted by Crippen LogP contribution is -2.38. The Morgan fingerprint density at radius 3 is 2.67 bits per heavy atom. The number of fused-ring (bicyclic) bond motifs is 1. The molecule has 18 heavy (non-hydrogen) atoms. The second-order valence-electron chi connectivity index (χ2n) is 5.70. The Labute approximate surface area is 111 Å². The van der Waals surface area contributed by atoms with E-state index < -0.39 is 9.84 Å². The molecule has 1 N–H and O–H groups in total. The Hall–Kier alpha value is -0.130. The average molecular weight is 274 g/mol. The summed E-state index contributed by atoms with van der Waals surface area (Å²) in [6, 6.07) is 0.585. The van der Waals surface area contributed by atoms with E-state index in [1.165, 1.54) is 0 Å². The maximum atomic E-state index is 11.8. The van der Waals surface area contributed by atoms with Crippen LogP contribution in [0.4, 0.5) is 0 Å². The molecule has 0 radical (unpaired) electrons. The fourth-order valence-corrected chi connectivity index (χ4v) is 4.94. The van der Waals surface area contributed by atoms with Gasteiger partial charge in [-0.15, -0.1) is 0 Å². The minimum atomic E-state index is -2.83. The van der Waals surface area contributed by atoms with Crippen molar-refractivity contribution in [2.45, 2.75) is 32.7 Å². The number of nitrogens with zero attached hydrogens (tertiary/aromatic N) is 1. The van der Waals surface area contributed by atoms with Gasteiger partial charge in [-0.1, -0.05) is 13.8 Å². The molecule has 0 bridgehead atoms. The van der Waals surface area contributed by atoms with Crippen LogP contribution in [0.2, 0.25) is 0 Å². The van der Waals surface area contributed by atoms with Crippen molar-refractivity contribution in [2.75, 3.05) is 37.7 Å². The number of sulfone groups is 1. The highest BCUT2D eigenvalue weighted by molar-refractivity contribution is 7.91. The molecule has 2 aliphatic rings. The van der Waals surface area contributed by atoms with Gasteiger partial charge in [-0.25, -0.2) is 8.42 Å². The largest absolute Gasteiger partial charge is 0.316 e. The first-order valence-corrected chi connectivity index (χ1v) is 9.04. The second kappa shape index (κ2) is 5.88. The van der Waals surface area contributed by atoms with Crippen LogP contribution in [0.15, 0.2) is 0 Å². The summed E-state index contributed by atoms with van der Waals surface area (Å²) >= 11 is 0. The maximum absolute atomic E-state index is 11.8. The SMILES string of the molecule is CCCS(=O)(=O)CCN1CC2CNCC2C1CC.